The highest BCUT2D eigenvalue weighted by Crippen LogP contribution is 2.20. The van der Waals surface area contributed by atoms with Crippen LogP contribution in [0.15, 0.2) is 24.3 Å². The molecule has 0 radical (unpaired) electrons. The average molecular weight is 344 g/mol. The van der Waals surface area contributed by atoms with E-state index < -0.39 is 0 Å². The van der Waals surface area contributed by atoms with E-state index in [1.807, 2.05) is 6.07 Å². The summed E-state index contributed by atoms with van der Waals surface area (Å²) >= 11 is 0. The fourth-order valence-electron chi connectivity index (χ4n) is 3.80. The van der Waals surface area contributed by atoms with Crippen molar-refractivity contribution in [3.05, 3.63) is 47.3 Å². The average Bonchev–Trinajstić information content (AvgIpc) is 3.05. The Morgan fingerprint density at radius 1 is 1.12 bits per heavy atom. The Hall–Kier alpha value is -1.79. The lowest BCUT2D eigenvalue weighted by Gasteiger charge is -2.32. The van der Waals surface area contributed by atoms with Gasteiger partial charge < -0.3 is 9.30 Å². The zero-order valence-electron chi connectivity index (χ0n) is 14.5. The van der Waals surface area contributed by atoms with Crippen LogP contribution in [0.25, 0.3) is 0 Å². The first-order valence-corrected chi connectivity index (χ1v) is 9.28. The molecule has 6 heteroatoms. The standard InChI is InChI=1S/C19H25FN4O/c20-17-8-2-1-6-15(17)14-25-16-7-5-10-23(12-16)13-19-22-21-18-9-3-4-11-24(18)19/h1-2,6,8,16H,3-5,7,9-14H2/t16-/m0/s1. The second-order valence-corrected chi connectivity index (χ2v) is 7.04. The third-order valence-corrected chi connectivity index (χ3v) is 5.20. The van der Waals surface area contributed by atoms with Gasteiger partial charge in [-0.1, -0.05) is 18.2 Å². The molecule has 2 aliphatic rings. The number of hydrogen-bond donors (Lipinski definition) is 0. The van der Waals surface area contributed by atoms with E-state index in [1.165, 1.54) is 18.9 Å². The quantitative estimate of drug-likeness (QED) is 0.836. The minimum atomic E-state index is -0.190. The second-order valence-electron chi connectivity index (χ2n) is 7.04. The van der Waals surface area contributed by atoms with Crippen LogP contribution < -0.4 is 0 Å². The minimum Gasteiger partial charge on any atom is -0.372 e. The summed E-state index contributed by atoms with van der Waals surface area (Å²) in [5.41, 5.74) is 0.631. The number of nitrogens with zero attached hydrogens (tertiary/aromatic N) is 4. The molecular weight excluding hydrogens is 319 g/mol. The molecule has 0 saturated carbocycles. The number of aromatic nitrogens is 3. The highest BCUT2D eigenvalue weighted by molar-refractivity contribution is 5.16. The molecular formula is C19H25FN4O. The summed E-state index contributed by atoms with van der Waals surface area (Å²) < 4.78 is 22.0. The lowest BCUT2D eigenvalue weighted by atomic mass is 10.1. The van der Waals surface area contributed by atoms with Crippen LogP contribution in [0.4, 0.5) is 4.39 Å². The van der Waals surface area contributed by atoms with Crippen LogP contribution in [-0.2, 0) is 30.9 Å². The SMILES string of the molecule is Fc1ccccc1CO[C@H]1CCCN(Cc2nnc3n2CCCC3)C1. The van der Waals surface area contributed by atoms with Gasteiger partial charge in [-0.15, -0.1) is 10.2 Å². The number of benzene rings is 1. The lowest BCUT2D eigenvalue weighted by Crippen LogP contribution is -2.39. The molecule has 0 aliphatic carbocycles. The number of likely N-dealkylation sites (tertiary alicyclic amines) is 1. The number of halogens is 1. The second kappa shape index (κ2) is 7.62. The number of hydrogen-bond acceptors (Lipinski definition) is 4. The Bertz CT molecular complexity index is 717. The Labute approximate surface area is 147 Å². The summed E-state index contributed by atoms with van der Waals surface area (Å²) in [6.45, 7) is 4.13. The van der Waals surface area contributed by atoms with E-state index in [1.54, 1.807) is 12.1 Å². The summed E-state index contributed by atoms with van der Waals surface area (Å²) in [4.78, 5) is 2.39. The molecule has 1 fully saturated rings. The van der Waals surface area contributed by atoms with Gasteiger partial charge in [0.25, 0.3) is 0 Å². The van der Waals surface area contributed by atoms with Crippen molar-refractivity contribution in [2.45, 2.75) is 57.9 Å². The number of aryl methyl sites for hydroxylation is 1. The van der Waals surface area contributed by atoms with Crippen LogP contribution >= 0.6 is 0 Å². The molecule has 0 spiro atoms. The predicted octanol–water partition coefficient (Wildman–Crippen LogP) is 2.93. The Morgan fingerprint density at radius 2 is 2.04 bits per heavy atom. The van der Waals surface area contributed by atoms with E-state index in [-0.39, 0.29) is 11.9 Å². The summed E-state index contributed by atoms with van der Waals surface area (Å²) in [5, 5.41) is 8.74. The van der Waals surface area contributed by atoms with Gasteiger partial charge in [-0.05, 0) is 38.3 Å². The third kappa shape index (κ3) is 3.90. The van der Waals surface area contributed by atoms with Crippen molar-refractivity contribution in [2.24, 2.45) is 0 Å². The van der Waals surface area contributed by atoms with E-state index >= 15 is 0 Å². The molecule has 0 N–H and O–H groups in total. The molecule has 1 saturated heterocycles. The van der Waals surface area contributed by atoms with Gasteiger partial charge in [0.05, 0.1) is 19.3 Å². The normalized spacial score (nSPS) is 21.2. The molecule has 2 aliphatic heterocycles. The van der Waals surface area contributed by atoms with Gasteiger partial charge in [0.1, 0.15) is 17.5 Å². The van der Waals surface area contributed by atoms with Gasteiger partial charge in [0, 0.05) is 25.1 Å². The van der Waals surface area contributed by atoms with Gasteiger partial charge >= 0.3 is 0 Å². The summed E-state index contributed by atoms with van der Waals surface area (Å²) in [7, 11) is 0. The van der Waals surface area contributed by atoms with Crippen molar-refractivity contribution in [2.75, 3.05) is 13.1 Å². The molecule has 134 valence electrons. The van der Waals surface area contributed by atoms with Crippen molar-refractivity contribution in [1.29, 1.82) is 0 Å². The first kappa shape index (κ1) is 16.7. The number of rotatable bonds is 5. The molecule has 1 atom stereocenters. The van der Waals surface area contributed by atoms with E-state index in [0.717, 1.165) is 57.1 Å². The molecule has 5 nitrogen and oxygen atoms in total. The summed E-state index contributed by atoms with van der Waals surface area (Å²) in [6.07, 6.45) is 5.75. The van der Waals surface area contributed by atoms with Crippen LogP contribution in [0.2, 0.25) is 0 Å². The fraction of sp³-hybridized carbons (Fsp3) is 0.579. The predicted molar refractivity (Wildman–Crippen MR) is 92.4 cm³/mol. The van der Waals surface area contributed by atoms with E-state index in [4.69, 9.17) is 4.74 Å². The van der Waals surface area contributed by atoms with Gasteiger partial charge in [-0.25, -0.2) is 4.39 Å². The van der Waals surface area contributed by atoms with E-state index in [0.29, 0.717) is 12.2 Å². The van der Waals surface area contributed by atoms with Crippen molar-refractivity contribution >= 4 is 0 Å². The van der Waals surface area contributed by atoms with Crippen molar-refractivity contribution in [3.8, 4) is 0 Å². The van der Waals surface area contributed by atoms with Crippen LogP contribution in [0.3, 0.4) is 0 Å². The van der Waals surface area contributed by atoms with Crippen molar-refractivity contribution in [3.63, 3.8) is 0 Å². The topological polar surface area (TPSA) is 43.2 Å². The first-order valence-electron chi connectivity index (χ1n) is 9.28. The Kier molecular flexibility index (Phi) is 5.08. The van der Waals surface area contributed by atoms with Crippen LogP contribution in [0.1, 0.15) is 42.9 Å². The van der Waals surface area contributed by atoms with Gasteiger partial charge in [-0.2, -0.15) is 0 Å². The van der Waals surface area contributed by atoms with Crippen molar-refractivity contribution in [1.82, 2.24) is 19.7 Å². The zero-order chi connectivity index (χ0) is 17.1. The minimum absolute atomic E-state index is 0.150. The van der Waals surface area contributed by atoms with E-state index in [9.17, 15) is 4.39 Å². The van der Waals surface area contributed by atoms with Crippen LogP contribution in [0.5, 0.6) is 0 Å². The third-order valence-electron chi connectivity index (χ3n) is 5.20. The number of piperidine rings is 1. The molecule has 2 aromatic rings. The summed E-state index contributed by atoms with van der Waals surface area (Å²) in [6, 6.07) is 6.84. The first-order chi connectivity index (χ1) is 12.3. The molecule has 0 amide bonds. The van der Waals surface area contributed by atoms with E-state index in [2.05, 4.69) is 19.7 Å². The maximum Gasteiger partial charge on any atom is 0.147 e. The molecule has 4 rings (SSSR count). The maximum atomic E-state index is 13.7. The highest BCUT2D eigenvalue weighted by atomic mass is 19.1. The van der Waals surface area contributed by atoms with Gasteiger partial charge in [0.2, 0.25) is 0 Å². The van der Waals surface area contributed by atoms with Crippen LogP contribution in [-0.4, -0.2) is 38.9 Å². The lowest BCUT2D eigenvalue weighted by molar-refractivity contribution is -0.0138. The largest absolute Gasteiger partial charge is 0.372 e. The number of ether oxygens (including phenoxy) is 1. The number of fused-ring (bicyclic) bond motifs is 1. The highest BCUT2D eigenvalue weighted by Gasteiger charge is 2.24. The smallest absolute Gasteiger partial charge is 0.147 e. The monoisotopic (exact) mass is 344 g/mol. The van der Waals surface area contributed by atoms with Crippen LogP contribution in [0, 0.1) is 5.82 Å². The molecule has 1 aromatic heterocycles. The fourth-order valence-corrected chi connectivity index (χ4v) is 3.80. The zero-order valence-corrected chi connectivity index (χ0v) is 14.5. The molecule has 3 heterocycles. The van der Waals surface area contributed by atoms with Gasteiger partial charge in [-0.3, -0.25) is 4.90 Å². The maximum absolute atomic E-state index is 13.7. The molecule has 25 heavy (non-hydrogen) atoms. The van der Waals surface area contributed by atoms with Crippen molar-refractivity contribution < 1.29 is 9.13 Å². The summed E-state index contributed by atoms with van der Waals surface area (Å²) in [5.74, 6) is 2.01. The Morgan fingerprint density at radius 3 is 2.96 bits per heavy atom. The molecule has 0 bridgehead atoms. The molecule has 1 aromatic carbocycles. The van der Waals surface area contributed by atoms with Gasteiger partial charge in [0.15, 0.2) is 0 Å². The molecule has 0 unspecified atom stereocenters. The Balaban J connectivity index is 1.33.